The Kier molecular flexibility index (Phi) is 5.17. The van der Waals surface area contributed by atoms with E-state index in [2.05, 4.69) is 21.2 Å². The van der Waals surface area contributed by atoms with Crippen molar-refractivity contribution in [3.05, 3.63) is 34.3 Å². The molecule has 4 heteroatoms. The zero-order valence-electron chi connectivity index (χ0n) is 9.90. The molecule has 0 saturated carbocycles. The Balaban J connectivity index is 2.67. The molecule has 0 aliphatic heterocycles. The Hall–Kier alpha value is -1.34. The maximum Gasteiger partial charge on any atom is 0.237 e. The highest BCUT2D eigenvalue weighted by Gasteiger charge is 2.18. The number of benzene rings is 1. The summed E-state index contributed by atoms with van der Waals surface area (Å²) in [5.41, 5.74) is 0.985. The Morgan fingerprint density at radius 3 is 2.47 bits per heavy atom. The summed E-state index contributed by atoms with van der Waals surface area (Å²) in [5, 5.41) is 11.8. The molecule has 0 fully saturated rings. The third-order valence-corrected chi connectivity index (χ3v) is 2.79. The molecule has 3 nitrogen and oxygen atoms in total. The lowest BCUT2D eigenvalue weighted by Crippen LogP contribution is -2.35. The number of nitrogens with zero attached hydrogens (tertiary/aromatic N) is 1. The van der Waals surface area contributed by atoms with Crippen molar-refractivity contribution in [2.45, 2.75) is 26.3 Å². The van der Waals surface area contributed by atoms with E-state index in [9.17, 15) is 4.79 Å². The van der Waals surface area contributed by atoms with Crippen molar-refractivity contribution in [2.24, 2.45) is 5.92 Å². The van der Waals surface area contributed by atoms with Crippen LogP contribution in [-0.4, -0.2) is 11.9 Å². The van der Waals surface area contributed by atoms with Crippen LogP contribution in [0.3, 0.4) is 0 Å². The summed E-state index contributed by atoms with van der Waals surface area (Å²) in [5.74, 6) is -0.830. The van der Waals surface area contributed by atoms with Crippen molar-refractivity contribution < 1.29 is 4.79 Å². The van der Waals surface area contributed by atoms with E-state index in [1.807, 2.05) is 44.2 Å². The topological polar surface area (TPSA) is 52.9 Å². The lowest BCUT2D eigenvalue weighted by molar-refractivity contribution is -0.123. The molecule has 1 unspecified atom stereocenters. The van der Waals surface area contributed by atoms with Gasteiger partial charge < -0.3 is 5.32 Å². The molecule has 0 saturated heterocycles. The summed E-state index contributed by atoms with van der Waals surface area (Å²) in [6.07, 6.45) is 0.447. The summed E-state index contributed by atoms with van der Waals surface area (Å²) >= 11 is 3.35. The number of carbonyl (C=O) groups excluding carboxylic acids is 1. The van der Waals surface area contributed by atoms with Gasteiger partial charge in [-0.1, -0.05) is 28.1 Å². The van der Waals surface area contributed by atoms with Crippen molar-refractivity contribution in [3.63, 3.8) is 0 Å². The quantitative estimate of drug-likeness (QED) is 0.928. The van der Waals surface area contributed by atoms with E-state index in [0.717, 1.165) is 10.0 Å². The van der Waals surface area contributed by atoms with Gasteiger partial charge in [0.05, 0.1) is 6.07 Å². The van der Waals surface area contributed by atoms with Crippen LogP contribution < -0.4 is 5.32 Å². The van der Waals surface area contributed by atoms with E-state index in [1.54, 1.807) is 0 Å². The van der Waals surface area contributed by atoms with Crippen molar-refractivity contribution in [1.29, 1.82) is 5.26 Å². The van der Waals surface area contributed by atoms with E-state index in [1.165, 1.54) is 0 Å². The smallest absolute Gasteiger partial charge is 0.237 e. The van der Waals surface area contributed by atoms with Gasteiger partial charge in [-0.25, -0.2) is 0 Å². The fourth-order valence-corrected chi connectivity index (χ4v) is 1.70. The first-order chi connectivity index (χ1) is 8.02. The van der Waals surface area contributed by atoms with Gasteiger partial charge in [-0.05, 0) is 38.0 Å². The van der Waals surface area contributed by atoms with Crippen molar-refractivity contribution >= 4 is 21.8 Å². The van der Waals surface area contributed by atoms with Crippen LogP contribution in [0.4, 0.5) is 0 Å². The fourth-order valence-electron chi connectivity index (χ4n) is 1.44. The normalized spacial score (nSPS) is 11.9. The minimum Gasteiger partial charge on any atom is -0.353 e. The molecule has 0 aliphatic carbocycles. The third kappa shape index (κ3) is 4.58. The maximum absolute atomic E-state index is 11.7. The van der Waals surface area contributed by atoms with Gasteiger partial charge in [0.15, 0.2) is 0 Å². The zero-order valence-corrected chi connectivity index (χ0v) is 11.5. The van der Waals surface area contributed by atoms with Crippen LogP contribution in [-0.2, 0) is 11.2 Å². The van der Waals surface area contributed by atoms with Crippen molar-refractivity contribution in [3.8, 4) is 6.07 Å². The molecule has 0 radical (unpaired) electrons. The molecule has 1 aromatic rings. The Morgan fingerprint density at radius 1 is 1.41 bits per heavy atom. The average Bonchev–Trinajstić information content (AvgIpc) is 2.27. The number of nitriles is 1. The highest BCUT2D eigenvalue weighted by molar-refractivity contribution is 9.10. The predicted molar refractivity (Wildman–Crippen MR) is 70.2 cm³/mol. The van der Waals surface area contributed by atoms with Crippen molar-refractivity contribution in [1.82, 2.24) is 5.32 Å². The second kappa shape index (κ2) is 6.41. The number of carbonyl (C=O) groups is 1. The third-order valence-electron chi connectivity index (χ3n) is 2.26. The summed E-state index contributed by atoms with van der Waals surface area (Å²) in [4.78, 5) is 11.7. The van der Waals surface area contributed by atoms with Crippen LogP contribution in [0.1, 0.15) is 19.4 Å². The highest BCUT2D eigenvalue weighted by Crippen LogP contribution is 2.14. The summed E-state index contributed by atoms with van der Waals surface area (Å²) in [6, 6.07) is 9.75. The molecule has 1 aromatic carbocycles. The molecule has 0 aliphatic rings. The predicted octanol–water partition coefficient (Wildman–Crippen LogP) is 2.66. The van der Waals surface area contributed by atoms with Gasteiger partial charge in [0.2, 0.25) is 5.91 Å². The van der Waals surface area contributed by atoms with Crippen LogP contribution in [0.15, 0.2) is 28.7 Å². The summed E-state index contributed by atoms with van der Waals surface area (Å²) in [7, 11) is 0. The number of hydrogen-bond acceptors (Lipinski definition) is 2. The Labute approximate surface area is 110 Å². The number of nitrogens with one attached hydrogen (secondary N) is 1. The molecule has 0 heterocycles. The molecular formula is C13H15BrN2O. The van der Waals surface area contributed by atoms with Crippen LogP contribution in [0.2, 0.25) is 0 Å². The van der Waals surface area contributed by atoms with Crippen LogP contribution in [0.25, 0.3) is 0 Å². The first kappa shape index (κ1) is 13.7. The van der Waals surface area contributed by atoms with Gasteiger partial charge in [0.25, 0.3) is 0 Å². The number of halogens is 1. The maximum atomic E-state index is 11.7. The second-order valence-electron chi connectivity index (χ2n) is 4.18. The monoisotopic (exact) mass is 294 g/mol. The molecular weight excluding hydrogens is 280 g/mol. The number of hydrogen-bond donors (Lipinski definition) is 1. The first-order valence-corrected chi connectivity index (χ1v) is 6.26. The molecule has 0 aromatic heterocycles. The van der Waals surface area contributed by atoms with E-state index in [0.29, 0.717) is 6.42 Å². The van der Waals surface area contributed by atoms with Gasteiger partial charge in [-0.2, -0.15) is 5.26 Å². The Morgan fingerprint density at radius 2 is 2.00 bits per heavy atom. The summed E-state index contributed by atoms with van der Waals surface area (Å²) in [6.45, 7) is 3.76. The molecule has 0 bridgehead atoms. The number of amides is 1. The molecule has 1 amide bonds. The fraction of sp³-hybridized carbons (Fsp3) is 0.385. The second-order valence-corrected chi connectivity index (χ2v) is 5.09. The largest absolute Gasteiger partial charge is 0.353 e. The van der Waals surface area contributed by atoms with Crippen LogP contribution >= 0.6 is 15.9 Å². The first-order valence-electron chi connectivity index (χ1n) is 5.47. The molecule has 1 atom stereocenters. The number of rotatable bonds is 4. The van der Waals surface area contributed by atoms with E-state index >= 15 is 0 Å². The minimum absolute atomic E-state index is 0.0586. The van der Waals surface area contributed by atoms with Gasteiger partial charge in [0.1, 0.15) is 5.92 Å². The molecule has 17 heavy (non-hydrogen) atoms. The lowest BCUT2D eigenvalue weighted by Gasteiger charge is -2.12. The molecule has 1 N–H and O–H groups in total. The van der Waals surface area contributed by atoms with Gasteiger partial charge in [0, 0.05) is 10.5 Å². The van der Waals surface area contributed by atoms with Crippen LogP contribution in [0, 0.1) is 17.2 Å². The lowest BCUT2D eigenvalue weighted by atomic mass is 10.00. The van der Waals surface area contributed by atoms with Crippen LogP contribution in [0.5, 0.6) is 0 Å². The van der Waals surface area contributed by atoms with Gasteiger partial charge in [-0.3, -0.25) is 4.79 Å². The summed E-state index contributed by atoms with van der Waals surface area (Å²) < 4.78 is 0.987. The van der Waals surface area contributed by atoms with E-state index in [-0.39, 0.29) is 11.9 Å². The zero-order chi connectivity index (χ0) is 12.8. The van der Waals surface area contributed by atoms with E-state index < -0.39 is 5.92 Å². The van der Waals surface area contributed by atoms with Gasteiger partial charge >= 0.3 is 0 Å². The van der Waals surface area contributed by atoms with Crippen molar-refractivity contribution in [2.75, 3.05) is 0 Å². The average molecular weight is 295 g/mol. The standard InChI is InChI=1S/C13H15BrN2O/c1-9(2)16-13(17)11(8-15)7-10-3-5-12(14)6-4-10/h3-6,9,11H,7H2,1-2H3,(H,16,17). The van der Waals surface area contributed by atoms with E-state index in [4.69, 9.17) is 5.26 Å². The SMILES string of the molecule is CC(C)NC(=O)C(C#N)Cc1ccc(Br)cc1. The van der Waals surface area contributed by atoms with Gasteiger partial charge in [-0.15, -0.1) is 0 Å². The molecule has 90 valence electrons. The minimum atomic E-state index is -0.626. The Bertz CT molecular complexity index is 420. The highest BCUT2D eigenvalue weighted by atomic mass is 79.9. The molecule has 1 rings (SSSR count). The molecule has 0 spiro atoms.